The van der Waals surface area contributed by atoms with Crippen molar-refractivity contribution in [2.75, 3.05) is 0 Å². The summed E-state index contributed by atoms with van der Waals surface area (Å²) in [5.41, 5.74) is 2.20. The van der Waals surface area contributed by atoms with Crippen molar-refractivity contribution in [2.24, 2.45) is 5.41 Å². The van der Waals surface area contributed by atoms with E-state index < -0.39 is 53.3 Å². The first-order chi connectivity index (χ1) is 16.1. The van der Waals surface area contributed by atoms with Gasteiger partial charge < -0.3 is 20.8 Å². The molecule has 4 amide bonds. The van der Waals surface area contributed by atoms with Crippen LogP contribution in [0.3, 0.4) is 0 Å². The summed E-state index contributed by atoms with van der Waals surface area (Å²) in [6.45, 7) is 2.40. The van der Waals surface area contributed by atoms with E-state index in [9.17, 15) is 29.4 Å². The lowest BCUT2D eigenvalue weighted by Gasteiger charge is -2.33. The number of nitrogens with one attached hydrogen (secondary N) is 4. The zero-order valence-corrected chi connectivity index (χ0v) is 18.6. The van der Waals surface area contributed by atoms with Gasteiger partial charge in [-0.2, -0.15) is 0 Å². The number of carbonyl (C=O) groups is 4. The van der Waals surface area contributed by atoms with Gasteiger partial charge in [0.25, 0.3) is 11.8 Å². The van der Waals surface area contributed by atoms with E-state index in [-0.39, 0.29) is 6.42 Å². The lowest BCUT2D eigenvalue weighted by Crippen LogP contribution is -2.61. The number of carbonyl (C=O) groups excluding carboxylic acids is 4. The minimum Gasteiger partial charge on any atom is -0.391 e. The monoisotopic (exact) mass is 476 g/mol. The number of hydrogen-bond donors (Lipinski definition) is 8. The Morgan fingerprint density at radius 3 is 1.68 bits per heavy atom. The third kappa shape index (κ3) is 5.85. The summed E-state index contributed by atoms with van der Waals surface area (Å²) >= 11 is 0. The molecule has 0 spiro atoms. The molecule has 1 aliphatic rings. The molecule has 1 aromatic carbocycles. The quantitative estimate of drug-likeness (QED) is 0.123. The number of amides is 4. The second-order valence-corrected chi connectivity index (χ2v) is 7.87. The minimum atomic E-state index is -2.00. The maximum atomic E-state index is 13.3. The molecule has 0 saturated carbocycles. The van der Waals surface area contributed by atoms with Gasteiger partial charge in [0.2, 0.25) is 11.8 Å². The Hall–Kier alpha value is -3.58. The van der Waals surface area contributed by atoms with Crippen LogP contribution in [0.2, 0.25) is 0 Å². The highest BCUT2D eigenvalue weighted by atomic mass is 16.5. The van der Waals surface area contributed by atoms with Crippen LogP contribution >= 0.6 is 0 Å². The van der Waals surface area contributed by atoms with Crippen molar-refractivity contribution < 1.29 is 39.8 Å². The van der Waals surface area contributed by atoms with Crippen molar-refractivity contribution in [1.82, 2.24) is 21.6 Å². The fourth-order valence-electron chi connectivity index (χ4n) is 3.41. The van der Waals surface area contributed by atoms with Crippen molar-refractivity contribution >= 4 is 29.2 Å². The molecule has 1 aromatic rings. The molecule has 5 atom stereocenters. The number of benzene rings is 1. The Kier molecular flexibility index (Phi) is 9.04. The maximum Gasteiger partial charge on any atom is 0.268 e. The molecule has 12 heteroatoms. The molecule has 0 aromatic heterocycles. The molecule has 1 aliphatic carbocycles. The van der Waals surface area contributed by atoms with Crippen LogP contribution in [0.15, 0.2) is 48.6 Å². The average molecular weight is 476 g/mol. The van der Waals surface area contributed by atoms with E-state index in [0.717, 1.165) is 5.56 Å². The van der Waals surface area contributed by atoms with Crippen molar-refractivity contribution in [3.8, 4) is 0 Å². The van der Waals surface area contributed by atoms with Crippen LogP contribution in [0.5, 0.6) is 0 Å². The van der Waals surface area contributed by atoms with E-state index >= 15 is 0 Å². The highest BCUT2D eigenvalue weighted by Gasteiger charge is 2.47. The van der Waals surface area contributed by atoms with Crippen molar-refractivity contribution in [1.29, 1.82) is 0 Å². The van der Waals surface area contributed by atoms with Gasteiger partial charge in [0.15, 0.2) is 0 Å². The summed E-state index contributed by atoms with van der Waals surface area (Å²) in [6, 6.07) is 5.92. The maximum absolute atomic E-state index is 13.3. The lowest BCUT2D eigenvalue weighted by molar-refractivity contribution is -0.147. The largest absolute Gasteiger partial charge is 0.391 e. The zero-order chi connectivity index (χ0) is 25.5. The first-order valence-electron chi connectivity index (χ1n) is 10.4. The molecule has 0 aliphatic heterocycles. The first-order valence-corrected chi connectivity index (χ1v) is 10.4. The third-order valence-electron chi connectivity index (χ3n) is 5.43. The zero-order valence-electron chi connectivity index (χ0n) is 18.6. The molecule has 12 nitrogen and oxygen atoms in total. The van der Waals surface area contributed by atoms with Gasteiger partial charge >= 0.3 is 0 Å². The highest BCUT2D eigenvalue weighted by molar-refractivity contribution is 6.10. The van der Waals surface area contributed by atoms with Gasteiger partial charge in [0, 0.05) is 0 Å². The highest BCUT2D eigenvalue weighted by Crippen LogP contribution is 2.34. The summed E-state index contributed by atoms with van der Waals surface area (Å²) in [5, 5.41) is 42.1. The summed E-state index contributed by atoms with van der Waals surface area (Å²) < 4.78 is 0. The molecule has 0 saturated heterocycles. The Morgan fingerprint density at radius 2 is 1.32 bits per heavy atom. The molecule has 34 heavy (non-hydrogen) atoms. The lowest BCUT2D eigenvalue weighted by atomic mass is 9.76. The number of hydroxylamine groups is 2. The topological polar surface area (TPSA) is 197 Å². The Morgan fingerprint density at radius 1 is 0.853 bits per heavy atom. The number of rotatable bonds is 9. The first kappa shape index (κ1) is 26.7. The Balaban J connectivity index is 2.43. The van der Waals surface area contributed by atoms with E-state index in [1.807, 2.05) is 30.3 Å². The SMILES string of the molecule is C[C@@H](O)[C@H](NC(=O)C1(C(=O)N[C@@H](C(=O)NO)[C@@H](C)O)C=CC(c2ccccc2)=CC1)C(=O)NO. The fourth-order valence-corrected chi connectivity index (χ4v) is 3.41. The van der Waals surface area contributed by atoms with E-state index in [1.54, 1.807) is 6.08 Å². The van der Waals surface area contributed by atoms with Gasteiger partial charge in [-0.25, -0.2) is 11.0 Å². The smallest absolute Gasteiger partial charge is 0.268 e. The number of hydrogen-bond acceptors (Lipinski definition) is 8. The van der Waals surface area contributed by atoms with Gasteiger partial charge in [-0.05, 0) is 31.4 Å². The van der Waals surface area contributed by atoms with Crippen LogP contribution in [-0.4, -0.2) is 68.5 Å². The Labute approximate surface area is 195 Å². The predicted octanol–water partition coefficient (Wildman–Crippen LogP) is -1.24. The van der Waals surface area contributed by atoms with Crippen LogP contribution in [0.1, 0.15) is 25.8 Å². The molecule has 184 valence electrons. The molecule has 1 unspecified atom stereocenters. The van der Waals surface area contributed by atoms with Gasteiger partial charge in [-0.1, -0.05) is 48.6 Å². The second-order valence-electron chi connectivity index (χ2n) is 7.87. The molecule has 0 bridgehead atoms. The molecule has 8 N–H and O–H groups in total. The van der Waals surface area contributed by atoms with Crippen LogP contribution in [0, 0.1) is 5.41 Å². The molecular weight excluding hydrogens is 448 g/mol. The van der Waals surface area contributed by atoms with E-state index in [0.29, 0.717) is 5.57 Å². The van der Waals surface area contributed by atoms with Gasteiger partial charge in [0.1, 0.15) is 17.5 Å². The van der Waals surface area contributed by atoms with Crippen molar-refractivity contribution in [3.05, 3.63) is 54.1 Å². The molecule has 0 fully saturated rings. The third-order valence-corrected chi connectivity index (χ3v) is 5.43. The van der Waals surface area contributed by atoms with Crippen molar-refractivity contribution in [2.45, 2.75) is 44.6 Å². The normalized spacial score (nSPS) is 20.7. The number of aliphatic hydroxyl groups is 2. The number of allylic oxidation sites excluding steroid dienone is 3. The van der Waals surface area contributed by atoms with Crippen LogP contribution < -0.4 is 21.6 Å². The molecule has 0 heterocycles. The second kappa shape index (κ2) is 11.5. The van der Waals surface area contributed by atoms with Gasteiger partial charge in [-0.3, -0.25) is 29.6 Å². The van der Waals surface area contributed by atoms with E-state index in [1.165, 1.54) is 37.0 Å². The Bertz CT molecular complexity index is 932. The molecule has 0 radical (unpaired) electrons. The van der Waals surface area contributed by atoms with E-state index in [4.69, 9.17) is 10.4 Å². The number of aliphatic hydroxyl groups excluding tert-OH is 2. The molecule has 2 rings (SSSR count). The van der Waals surface area contributed by atoms with Crippen molar-refractivity contribution in [3.63, 3.8) is 0 Å². The fraction of sp³-hybridized carbons (Fsp3) is 0.364. The minimum absolute atomic E-state index is 0.202. The average Bonchev–Trinajstić information content (AvgIpc) is 2.84. The summed E-state index contributed by atoms with van der Waals surface area (Å²) in [6.07, 6.45) is 1.36. The standard InChI is InChI=1S/C22H28N4O8/c1-12(27)16(18(29)25-33)23-20(31)22(21(32)24-17(13(2)28)19(30)26-34)10-8-15(9-11-22)14-6-4-3-5-7-14/h3-10,12-13,16-17,27-28,33-34H,11H2,1-2H3,(H,23,31)(H,24,32)(H,25,29)(H,26,30)/t12-,13-,16-,17+,22?/m1/s1. The predicted molar refractivity (Wildman–Crippen MR) is 118 cm³/mol. The van der Waals surface area contributed by atoms with Crippen LogP contribution in [0.4, 0.5) is 0 Å². The van der Waals surface area contributed by atoms with Gasteiger partial charge in [0.05, 0.1) is 12.2 Å². The van der Waals surface area contributed by atoms with Crippen LogP contribution in [-0.2, 0) is 19.2 Å². The summed E-state index contributed by atoms with van der Waals surface area (Å²) in [4.78, 5) is 50.4. The molecular formula is C22H28N4O8. The summed E-state index contributed by atoms with van der Waals surface area (Å²) in [5.74, 6) is -4.23. The summed E-state index contributed by atoms with van der Waals surface area (Å²) in [7, 11) is 0. The van der Waals surface area contributed by atoms with Gasteiger partial charge in [-0.15, -0.1) is 0 Å². The van der Waals surface area contributed by atoms with Crippen LogP contribution in [0.25, 0.3) is 5.57 Å². The van der Waals surface area contributed by atoms with E-state index in [2.05, 4.69) is 10.6 Å².